The predicted octanol–water partition coefficient (Wildman–Crippen LogP) is 1.86. The Labute approximate surface area is 134 Å². The summed E-state index contributed by atoms with van der Waals surface area (Å²) in [5, 5.41) is 10.8. The topological polar surface area (TPSA) is 75.6 Å². The van der Waals surface area contributed by atoms with E-state index in [2.05, 4.69) is 9.97 Å². The van der Waals surface area contributed by atoms with Crippen LogP contribution in [-0.2, 0) is 6.54 Å². The molecule has 1 aromatic rings. The second-order valence-electron chi connectivity index (χ2n) is 5.62. The summed E-state index contributed by atoms with van der Waals surface area (Å²) < 4.78 is 5.55. The van der Waals surface area contributed by atoms with Gasteiger partial charge < -0.3 is 14.7 Å². The highest BCUT2D eigenvalue weighted by molar-refractivity contribution is 7.98. The molecule has 120 valence electrons. The zero-order chi connectivity index (χ0) is 15.7. The monoisotopic (exact) mass is 323 g/mol. The van der Waals surface area contributed by atoms with Crippen molar-refractivity contribution in [1.29, 1.82) is 0 Å². The molecule has 0 spiro atoms. The van der Waals surface area contributed by atoms with Crippen LogP contribution in [0.25, 0.3) is 0 Å². The van der Waals surface area contributed by atoms with E-state index in [0.29, 0.717) is 35.4 Å². The molecule has 7 heteroatoms. The highest BCUT2D eigenvalue weighted by Crippen LogP contribution is 2.34. The Morgan fingerprint density at radius 3 is 2.82 bits per heavy atom. The maximum atomic E-state index is 12.8. The summed E-state index contributed by atoms with van der Waals surface area (Å²) in [5.41, 5.74) is 1.18. The zero-order valence-electron chi connectivity index (χ0n) is 12.9. The Bertz CT molecular complexity index is 581. The number of aliphatic hydroxyl groups is 1. The third-order valence-electron chi connectivity index (χ3n) is 4.28. The first kappa shape index (κ1) is 15.6. The minimum atomic E-state index is -0.449. The van der Waals surface area contributed by atoms with E-state index in [1.165, 1.54) is 11.8 Å². The number of amides is 1. The third kappa shape index (κ3) is 2.67. The maximum Gasteiger partial charge on any atom is 0.261 e. The molecule has 1 saturated carbocycles. The molecule has 1 N–H and O–H groups in total. The predicted molar refractivity (Wildman–Crippen MR) is 83.1 cm³/mol. The number of rotatable bonds is 4. The number of fused-ring (bicyclic) bond motifs is 1. The Hall–Kier alpha value is -1.34. The Balaban J connectivity index is 1.93. The van der Waals surface area contributed by atoms with Gasteiger partial charge in [0.15, 0.2) is 5.16 Å². The van der Waals surface area contributed by atoms with Gasteiger partial charge in [0.05, 0.1) is 31.0 Å². The molecule has 1 aliphatic heterocycles. The summed E-state index contributed by atoms with van der Waals surface area (Å²) in [4.78, 5) is 23.3. The van der Waals surface area contributed by atoms with Crippen molar-refractivity contribution in [2.75, 3.05) is 12.9 Å². The molecule has 22 heavy (non-hydrogen) atoms. The van der Waals surface area contributed by atoms with Crippen LogP contribution < -0.4 is 4.74 Å². The van der Waals surface area contributed by atoms with Gasteiger partial charge in [-0.05, 0) is 26.0 Å². The van der Waals surface area contributed by atoms with Gasteiger partial charge in [0.25, 0.3) is 5.91 Å². The molecule has 1 aromatic heterocycles. The maximum absolute atomic E-state index is 12.8. The van der Waals surface area contributed by atoms with E-state index in [1.807, 2.05) is 13.2 Å². The Kier molecular flexibility index (Phi) is 4.54. The Morgan fingerprint density at radius 1 is 1.36 bits per heavy atom. The molecule has 1 fully saturated rings. The van der Waals surface area contributed by atoms with Crippen LogP contribution in [0.1, 0.15) is 48.7 Å². The minimum Gasteiger partial charge on any atom is -0.477 e. The SMILES string of the molecule is CCOc1nc(SC)nc2c1C(=O)N([C@@H]1CCCC[C@@H]1O)C2. The number of hydrogen-bond acceptors (Lipinski definition) is 6. The van der Waals surface area contributed by atoms with Crippen LogP contribution in [0.15, 0.2) is 5.16 Å². The molecule has 2 aliphatic rings. The number of thioether (sulfide) groups is 1. The molecule has 0 unspecified atom stereocenters. The number of aromatic nitrogens is 2. The van der Waals surface area contributed by atoms with Gasteiger partial charge in [0.2, 0.25) is 5.88 Å². The molecule has 1 amide bonds. The summed E-state index contributed by atoms with van der Waals surface area (Å²) >= 11 is 1.43. The van der Waals surface area contributed by atoms with Gasteiger partial charge in [-0.3, -0.25) is 4.79 Å². The van der Waals surface area contributed by atoms with Crippen LogP contribution in [-0.4, -0.2) is 50.9 Å². The quantitative estimate of drug-likeness (QED) is 0.673. The van der Waals surface area contributed by atoms with E-state index in [4.69, 9.17) is 4.74 Å². The lowest BCUT2D eigenvalue weighted by molar-refractivity contribution is 0.0188. The van der Waals surface area contributed by atoms with Crippen molar-refractivity contribution in [2.24, 2.45) is 0 Å². The van der Waals surface area contributed by atoms with Crippen molar-refractivity contribution in [1.82, 2.24) is 14.9 Å². The van der Waals surface area contributed by atoms with Gasteiger partial charge in [-0.2, -0.15) is 4.98 Å². The molecular weight excluding hydrogens is 302 g/mol. The zero-order valence-corrected chi connectivity index (χ0v) is 13.7. The van der Waals surface area contributed by atoms with Gasteiger partial charge in [-0.1, -0.05) is 24.6 Å². The van der Waals surface area contributed by atoms with Crippen molar-refractivity contribution in [3.05, 3.63) is 11.3 Å². The molecule has 2 heterocycles. The highest BCUT2D eigenvalue weighted by atomic mass is 32.2. The molecule has 1 aliphatic carbocycles. The van der Waals surface area contributed by atoms with Crippen molar-refractivity contribution in [2.45, 2.75) is 56.5 Å². The van der Waals surface area contributed by atoms with Gasteiger partial charge in [0.1, 0.15) is 5.56 Å². The van der Waals surface area contributed by atoms with Crippen LogP contribution in [0.2, 0.25) is 0 Å². The van der Waals surface area contributed by atoms with Crippen LogP contribution in [0, 0.1) is 0 Å². The Morgan fingerprint density at radius 2 is 2.14 bits per heavy atom. The fraction of sp³-hybridized carbons (Fsp3) is 0.667. The highest BCUT2D eigenvalue weighted by Gasteiger charge is 2.40. The van der Waals surface area contributed by atoms with E-state index in [9.17, 15) is 9.90 Å². The molecule has 2 atom stereocenters. The number of carbonyl (C=O) groups excluding carboxylic acids is 1. The fourth-order valence-electron chi connectivity index (χ4n) is 3.22. The van der Waals surface area contributed by atoms with Crippen LogP contribution >= 0.6 is 11.8 Å². The first-order valence-corrected chi connectivity index (χ1v) is 8.95. The van der Waals surface area contributed by atoms with Gasteiger partial charge in [0, 0.05) is 0 Å². The average molecular weight is 323 g/mol. The van der Waals surface area contributed by atoms with E-state index in [1.54, 1.807) is 4.90 Å². The summed E-state index contributed by atoms with van der Waals surface area (Å²) in [6.07, 6.45) is 5.11. The number of ether oxygens (including phenoxy) is 1. The number of aliphatic hydroxyl groups excluding tert-OH is 1. The van der Waals surface area contributed by atoms with Crippen LogP contribution in [0.5, 0.6) is 5.88 Å². The number of hydrogen-bond donors (Lipinski definition) is 1. The van der Waals surface area contributed by atoms with Crippen molar-refractivity contribution in [3.63, 3.8) is 0 Å². The first-order chi connectivity index (χ1) is 10.7. The van der Waals surface area contributed by atoms with Gasteiger partial charge >= 0.3 is 0 Å². The number of nitrogens with zero attached hydrogens (tertiary/aromatic N) is 3. The fourth-order valence-corrected chi connectivity index (χ4v) is 3.60. The van der Waals surface area contributed by atoms with Crippen molar-refractivity contribution < 1.29 is 14.6 Å². The second kappa shape index (κ2) is 6.42. The molecule has 6 nitrogen and oxygen atoms in total. The summed E-state index contributed by atoms with van der Waals surface area (Å²) in [6.45, 7) is 2.76. The molecule has 3 rings (SSSR count). The molecule has 0 bridgehead atoms. The molecule has 0 saturated heterocycles. The van der Waals surface area contributed by atoms with Gasteiger partial charge in [-0.15, -0.1) is 0 Å². The average Bonchev–Trinajstić information content (AvgIpc) is 2.85. The van der Waals surface area contributed by atoms with E-state index < -0.39 is 6.10 Å². The first-order valence-electron chi connectivity index (χ1n) is 7.72. The minimum absolute atomic E-state index is 0.114. The van der Waals surface area contributed by atoms with E-state index in [0.717, 1.165) is 25.7 Å². The lowest BCUT2D eigenvalue weighted by atomic mass is 9.91. The van der Waals surface area contributed by atoms with Gasteiger partial charge in [-0.25, -0.2) is 4.98 Å². The molecule has 0 aromatic carbocycles. The number of carbonyl (C=O) groups is 1. The summed E-state index contributed by atoms with van der Waals surface area (Å²) in [6, 6.07) is -0.123. The van der Waals surface area contributed by atoms with Crippen LogP contribution in [0.4, 0.5) is 0 Å². The third-order valence-corrected chi connectivity index (χ3v) is 4.83. The largest absolute Gasteiger partial charge is 0.477 e. The molecule has 0 radical (unpaired) electrons. The van der Waals surface area contributed by atoms with Crippen molar-refractivity contribution in [3.8, 4) is 5.88 Å². The summed E-state index contributed by atoms with van der Waals surface area (Å²) in [5.74, 6) is 0.256. The molecular formula is C15H21N3O3S. The smallest absolute Gasteiger partial charge is 0.261 e. The lowest BCUT2D eigenvalue weighted by Crippen LogP contribution is -2.45. The standard InChI is InChI=1S/C15H21N3O3S/c1-3-21-13-12-9(16-15(17-13)22-2)8-18(14(12)20)10-6-4-5-7-11(10)19/h10-11,19H,3-8H2,1-2H3/t10-,11+/m1/s1. The van der Waals surface area contributed by atoms with E-state index >= 15 is 0 Å². The lowest BCUT2D eigenvalue weighted by Gasteiger charge is -2.34. The summed E-state index contributed by atoms with van der Waals surface area (Å²) in [7, 11) is 0. The van der Waals surface area contributed by atoms with Crippen molar-refractivity contribution >= 4 is 17.7 Å². The van der Waals surface area contributed by atoms with E-state index in [-0.39, 0.29) is 11.9 Å². The second-order valence-corrected chi connectivity index (χ2v) is 6.40. The van der Waals surface area contributed by atoms with Crippen LogP contribution in [0.3, 0.4) is 0 Å². The normalized spacial score (nSPS) is 24.5.